The number of ether oxygens (including phenoxy) is 2. The molecule has 1 spiro atoms. The number of hydrogen-bond donors (Lipinski definition) is 0. The topological polar surface area (TPSA) is 89.3 Å². The molecule has 0 unspecified atom stereocenters. The Kier molecular flexibility index (Phi) is 8.08. The van der Waals surface area contributed by atoms with Gasteiger partial charge in [-0.05, 0) is 62.4 Å². The molecule has 9 heteroatoms. The molecule has 3 heterocycles. The van der Waals surface area contributed by atoms with Crippen molar-refractivity contribution < 1.29 is 32.7 Å². The van der Waals surface area contributed by atoms with E-state index in [9.17, 15) is 18.8 Å². The Morgan fingerprint density at radius 3 is 2.64 bits per heavy atom. The van der Waals surface area contributed by atoms with Crippen LogP contribution in [0.4, 0.5) is 4.39 Å². The van der Waals surface area contributed by atoms with Crippen molar-refractivity contribution in [2.75, 3.05) is 33.4 Å². The summed E-state index contributed by atoms with van der Waals surface area (Å²) in [5.74, 6) is -1.70. The van der Waals surface area contributed by atoms with E-state index in [1.165, 1.54) is 18.4 Å². The van der Waals surface area contributed by atoms with Gasteiger partial charge in [0.15, 0.2) is 0 Å². The van der Waals surface area contributed by atoms with Gasteiger partial charge < -0.3 is 23.7 Å². The first-order valence-corrected chi connectivity index (χ1v) is 12.5. The Balaban J connectivity index is 1.80. The van der Waals surface area contributed by atoms with E-state index in [2.05, 4.69) is 0 Å². The highest BCUT2D eigenvalue weighted by molar-refractivity contribution is 5.95. The van der Waals surface area contributed by atoms with E-state index in [1.807, 2.05) is 0 Å². The van der Waals surface area contributed by atoms with Crippen LogP contribution in [0.25, 0.3) is 0 Å². The molecule has 2 saturated heterocycles. The van der Waals surface area contributed by atoms with Crippen molar-refractivity contribution in [2.45, 2.75) is 50.6 Å². The fourth-order valence-corrected chi connectivity index (χ4v) is 5.57. The third-order valence-electron chi connectivity index (χ3n) is 7.16. The molecule has 0 aliphatic carbocycles. The number of furan rings is 1. The van der Waals surface area contributed by atoms with Crippen molar-refractivity contribution in [3.05, 3.63) is 59.8 Å². The van der Waals surface area contributed by atoms with Crippen LogP contribution in [0.2, 0.25) is 0 Å². The zero-order valence-electron chi connectivity index (χ0n) is 20.8. The van der Waals surface area contributed by atoms with Crippen LogP contribution >= 0.6 is 0 Å². The van der Waals surface area contributed by atoms with E-state index in [0.29, 0.717) is 37.4 Å². The van der Waals surface area contributed by atoms with Crippen molar-refractivity contribution in [1.29, 1.82) is 0 Å². The molecule has 0 bridgehead atoms. The van der Waals surface area contributed by atoms with Crippen molar-refractivity contribution in [3.8, 4) is 0 Å². The Morgan fingerprint density at radius 1 is 1.19 bits per heavy atom. The number of rotatable bonds is 8. The zero-order valence-corrected chi connectivity index (χ0v) is 20.8. The molecule has 2 aliphatic rings. The lowest BCUT2D eigenvalue weighted by Crippen LogP contribution is -2.58. The summed E-state index contributed by atoms with van der Waals surface area (Å²) in [4.78, 5) is 44.7. The number of carbonyl (C=O) groups is 3. The van der Waals surface area contributed by atoms with Gasteiger partial charge in [-0.15, -0.1) is 0 Å². The first kappa shape index (κ1) is 25.9. The minimum Gasteiger partial charge on any atom is -0.467 e. The number of hydrogen-bond acceptors (Lipinski definition) is 6. The van der Waals surface area contributed by atoms with Gasteiger partial charge >= 0.3 is 5.97 Å². The molecular formula is C27H33FN2O6. The normalized spacial score (nSPS) is 24.2. The number of halogens is 1. The summed E-state index contributed by atoms with van der Waals surface area (Å²) < 4.78 is 29.8. The van der Waals surface area contributed by atoms with Gasteiger partial charge in [0.05, 0.1) is 31.8 Å². The predicted octanol–water partition coefficient (Wildman–Crippen LogP) is 3.51. The highest BCUT2D eigenvalue weighted by atomic mass is 19.1. The van der Waals surface area contributed by atoms with Crippen LogP contribution in [0, 0.1) is 11.7 Å². The first-order valence-electron chi connectivity index (χ1n) is 12.5. The van der Waals surface area contributed by atoms with Gasteiger partial charge in [0.2, 0.25) is 11.8 Å². The fourth-order valence-electron chi connectivity index (χ4n) is 5.57. The highest BCUT2D eigenvalue weighted by Gasteiger charge is 2.62. The van der Waals surface area contributed by atoms with Gasteiger partial charge in [-0.25, -0.2) is 4.39 Å². The maximum atomic E-state index is 14.2. The average molecular weight is 501 g/mol. The van der Waals surface area contributed by atoms with E-state index < -0.39 is 29.3 Å². The molecule has 2 amide bonds. The molecule has 0 saturated carbocycles. The molecule has 0 N–H and O–H groups in total. The zero-order chi connectivity index (χ0) is 25.7. The van der Waals surface area contributed by atoms with Crippen molar-refractivity contribution in [2.24, 2.45) is 5.92 Å². The lowest BCUT2D eigenvalue weighted by molar-refractivity contribution is -0.154. The van der Waals surface area contributed by atoms with Crippen molar-refractivity contribution >= 4 is 17.8 Å². The second kappa shape index (κ2) is 11.2. The quantitative estimate of drug-likeness (QED) is 0.516. The summed E-state index contributed by atoms with van der Waals surface area (Å²) in [7, 11) is 1.58. The Labute approximate surface area is 210 Å². The minimum absolute atomic E-state index is 0.0415. The monoisotopic (exact) mass is 500 g/mol. The van der Waals surface area contributed by atoms with Gasteiger partial charge in [-0.3, -0.25) is 14.4 Å². The summed E-state index contributed by atoms with van der Waals surface area (Å²) in [6.07, 6.45) is 3.53. The van der Waals surface area contributed by atoms with Gasteiger partial charge in [0, 0.05) is 20.2 Å². The molecule has 194 valence electrons. The summed E-state index contributed by atoms with van der Waals surface area (Å²) in [6, 6.07) is 8.34. The second-order valence-corrected chi connectivity index (χ2v) is 9.36. The van der Waals surface area contributed by atoms with Crippen LogP contribution in [0.1, 0.15) is 50.0 Å². The third kappa shape index (κ3) is 5.02. The number of likely N-dealkylation sites (tertiary alicyclic amines) is 2. The third-order valence-corrected chi connectivity index (χ3v) is 7.16. The largest absolute Gasteiger partial charge is 0.467 e. The van der Waals surface area contributed by atoms with Gasteiger partial charge in [0.1, 0.15) is 23.2 Å². The summed E-state index contributed by atoms with van der Waals surface area (Å²) in [5, 5.41) is 0. The van der Waals surface area contributed by atoms with E-state index in [0.717, 1.165) is 12.8 Å². The van der Waals surface area contributed by atoms with E-state index in [-0.39, 0.29) is 31.3 Å². The number of nitrogens with zero attached hydrogens (tertiary/aromatic N) is 2. The maximum absolute atomic E-state index is 14.2. The highest BCUT2D eigenvalue weighted by Crippen LogP contribution is 2.51. The molecule has 2 aromatic rings. The van der Waals surface area contributed by atoms with Crippen LogP contribution < -0.4 is 0 Å². The molecule has 0 radical (unpaired) electrons. The average Bonchev–Trinajstić information content (AvgIpc) is 3.48. The molecule has 2 fully saturated rings. The van der Waals surface area contributed by atoms with Crippen LogP contribution in [0.5, 0.6) is 0 Å². The first-order chi connectivity index (χ1) is 17.4. The number of amides is 2. The molecule has 2 aliphatic heterocycles. The summed E-state index contributed by atoms with van der Waals surface area (Å²) in [6.45, 7) is 3.23. The van der Waals surface area contributed by atoms with Crippen molar-refractivity contribution in [3.63, 3.8) is 0 Å². The van der Waals surface area contributed by atoms with E-state index >= 15 is 0 Å². The summed E-state index contributed by atoms with van der Waals surface area (Å²) in [5.41, 5.74) is -0.609. The molecule has 1 aromatic heterocycles. The Bertz CT molecular complexity index is 1060. The van der Waals surface area contributed by atoms with Crippen LogP contribution in [-0.2, 0) is 30.3 Å². The molecule has 3 atom stereocenters. The SMILES string of the molecule is CCOC(=O)[C@H]1C[C@]2(CCCCN(CCOC)C2=O)N(C(=O)Cc2ccc(F)cc2)[C@H]1c1ccco1. The standard InChI is InChI=1S/C27H33FN2O6/c1-3-35-25(32)21-18-27(12-4-5-13-29(26(27)33)14-16-34-2)30(24(21)22-7-6-15-36-22)23(31)17-19-8-10-20(28)11-9-19/h6-11,15,21,24H,3-5,12-14,16-18H2,1-2H3/t21-,24+,27-/m0/s1. The Morgan fingerprint density at radius 2 is 1.97 bits per heavy atom. The van der Waals surface area contributed by atoms with Gasteiger partial charge in [-0.2, -0.15) is 0 Å². The minimum atomic E-state index is -1.23. The molecule has 1 aromatic carbocycles. The maximum Gasteiger partial charge on any atom is 0.311 e. The Hall–Kier alpha value is -3.20. The van der Waals surface area contributed by atoms with Gasteiger partial charge in [0.25, 0.3) is 0 Å². The second-order valence-electron chi connectivity index (χ2n) is 9.36. The molecule has 4 rings (SSSR count). The lowest BCUT2D eigenvalue weighted by Gasteiger charge is -2.41. The molecular weight excluding hydrogens is 467 g/mol. The summed E-state index contributed by atoms with van der Waals surface area (Å²) >= 11 is 0. The predicted molar refractivity (Wildman–Crippen MR) is 128 cm³/mol. The van der Waals surface area contributed by atoms with Crippen molar-refractivity contribution in [1.82, 2.24) is 9.80 Å². The van der Waals surface area contributed by atoms with E-state index in [1.54, 1.807) is 48.1 Å². The van der Waals surface area contributed by atoms with Crippen LogP contribution in [-0.4, -0.2) is 66.5 Å². The number of esters is 1. The smallest absolute Gasteiger partial charge is 0.311 e. The van der Waals surface area contributed by atoms with E-state index in [4.69, 9.17) is 13.9 Å². The lowest BCUT2D eigenvalue weighted by atomic mass is 9.85. The molecule has 8 nitrogen and oxygen atoms in total. The fraction of sp³-hybridized carbons (Fsp3) is 0.519. The number of carbonyl (C=O) groups excluding carboxylic acids is 3. The van der Waals surface area contributed by atoms with Crippen LogP contribution in [0.3, 0.4) is 0 Å². The van der Waals surface area contributed by atoms with Gasteiger partial charge in [-0.1, -0.05) is 12.1 Å². The number of benzene rings is 1. The number of methoxy groups -OCH3 is 1. The molecule has 36 heavy (non-hydrogen) atoms. The van der Waals surface area contributed by atoms with Crippen LogP contribution in [0.15, 0.2) is 47.1 Å².